The first-order chi connectivity index (χ1) is 14.9. The van der Waals surface area contributed by atoms with Crippen molar-refractivity contribution in [2.24, 2.45) is 5.92 Å². The van der Waals surface area contributed by atoms with E-state index in [0.29, 0.717) is 29.9 Å². The van der Waals surface area contributed by atoms with Crippen LogP contribution in [0.4, 0.5) is 17.5 Å². The topological polar surface area (TPSA) is 116 Å². The maximum Gasteiger partial charge on any atom is 0.258 e. The van der Waals surface area contributed by atoms with Crippen LogP contribution >= 0.6 is 0 Å². The average molecular weight is 425 g/mol. The summed E-state index contributed by atoms with van der Waals surface area (Å²) in [6.07, 6.45) is 2.04. The smallest absolute Gasteiger partial charge is 0.258 e. The maximum atomic E-state index is 13.0. The molecule has 2 atom stereocenters. The van der Waals surface area contributed by atoms with Crippen molar-refractivity contribution in [2.75, 3.05) is 35.2 Å². The Morgan fingerprint density at radius 3 is 2.77 bits per heavy atom. The standard InChI is InChI=1S/C22H27N5O4/c1-3-31-15-8-6-14(7-9-15)23-20(29)16-11-17(28)24-19-18(16)21(30)26-22(25-19)27-10-4-5-13(2)12-27/h6-9,13,16H,3-5,10-12H2,1-2H3,(H,23,29)(H2,24,25,26,28,30). The number of hydrogen-bond acceptors (Lipinski definition) is 6. The summed E-state index contributed by atoms with van der Waals surface area (Å²) in [7, 11) is 0. The molecule has 2 aromatic rings. The summed E-state index contributed by atoms with van der Waals surface area (Å²) in [5.41, 5.74) is 0.353. The number of anilines is 3. The first-order valence-electron chi connectivity index (χ1n) is 10.7. The fourth-order valence-electron chi connectivity index (χ4n) is 4.15. The molecule has 1 fully saturated rings. The minimum atomic E-state index is -0.916. The number of fused-ring (bicyclic) bond motifs is 1. The minimum absolute atomic E-state index is 0.110. The van der Waals surface area contributed by atoms with Crippen LogP contribution in [0, 0.1) is 5.92 Å². The molecule has 0 aliphatic carbocycles. The highest BCUT2D eigenvalue weighted by Crippen LogP contribution is 2.31. The van der Waals surface area contributed by atoms with Crippen molar-refractivity contribution in [1.82, 2.24) is 9.97 Å². The van der Waals surface area contributed by atoms with Gasteiger partial charge in [-0.2, -0.15) is 4.98 Å². The van der Waals surface area contributed by atoms with Crippen LogP contribution in [0.15, 0.2) is 29.1 Å². The van der Waals surface area contributed by atoms with E-state index < -0.39 is 17.4 Å². The number of H-pyrrole nitrogens is 1. The summed E-state index contributed by atoms with van der Waals surface area (Å²) in [5, 5.41) is 5.46. The van der Waals surface area contributed by atoms with Gasteiger partial charge in [-0.25, -0.2) is 0 Å². The van der Waals surface area contributed by atoms with E-state index in [9.17, 15) is 14.4 Å². The van der Waals surface area contributed by atoms with Gasteiger partial charge in [-0.1, -0.05) is 6.92 Å². The fourth-order valence-corrected chi connectivity index (χ4v) is 4.15. The van der Waals surface area contributed by atoms with Crippen LogP contribution in [0.1, 0.15) is 44.6 Å². The normalized spacial score (nSPS) is 20.6. The number of benzene rings is 1. The highest BCUT2D eigenvalue weighted by Gasteiger charge is 2.35. The van der Waals surface area contributed by atoms with Gasteiger partial charge in [-0.15, -0.1) is 0 Å². The van der Waals surface area contributed by atoms with E-state index >= 15 is 0 Å². The maximum absolute atomic E-state index is 13.0. The lowest BCUT2D eigenvalue weighted by Gasteiger charge is -2.32. The lowest BCUT2D eigenvalue weighted by Crippen LogP contribution is -2.40. The molecule has 1 aromatic carbocycles. The van der Waals surface area contributed by atoms with Crippen LogP contribution in [-0.2, 0) is 9.59 Å². The molecule has 9 nitrogen and oxygen atoms in total. The van der Waals surface area contributed by atoms with Crippen LogP contribution in [0.3, 0.4) is 0 Å². The lowest BCUT2D eigenvalue weighted by atomic mass is 9.92. The van der Waals surface area contributed by atoms with Crippen molar-refractivity contribution in [1.29, 1.82) is 0 Å². The number of piperidine rings is 1. The third-order valence-corrected chi connectivity index (χ3v) is 5.64. The number of carbonyl (C=O) groups is 2. The van der Waals surface area contributed by atoms with Crippen molar-refractivity contribution in [3.05, 3.63) is 40.2 Å². The quantitative estimate of drug-likeness (QED) is 0.678. The number of amides is 2. The van der Waals surface area contributed by atoms with E-state index in [1.807, 2.05) is 11.8 Å². The number of carbonyl (C=O) groups excluding carboxylic acids is 2. The monoisotopic (exact) mass is 425 g/mol. The van der Waals surface area contributed by atoms with E-state index in [4.69, 9.17) is 4.74 Å². The van der Waals surface area contributed by atoms with Crippen LogP contribution in [0.5, 0.6) is 5.75 Å². The molecule has 9 heteroatoms. The SMILES string of the molecule is CCOc1ccc(NC(=O)C2CC(=O)Nc3nc(N4CCCC(C)C4)[nH]c(=O)c32)cc1. The summed E-state index contributed by atoms with van der Waals surface area (Å²) < 4.78 is 5.40. The lowest BCUT2D eigenvalue weighted by molar-refractivity contribution is -0.123. The van der Waals surface area contributed by atoms with Crippen LogP contribution in [0.2, 0.25) is 0 Å². The summed E-state index contributed by atoms with van der Waals surface area (Å²) in [5.74, 6) is 0.117. The van der Waals surface area contributed by atoms with Gasteiger partial charge in [-0.3, -0.25) is 19.4 Å². The van der Waals surface area contributed by atoms with E-state index in [0.717, 1.165) is 25.9 Å². The Bertz CT molecular complexity index is 1030. The highest BCUT2D eigenvalue weighted by molar-refractivity contribution is 6.04. The first kappa shape index (κ1) is 20.9. The van der Waals surface area contributed by atoms with Crippen LogP contribution in [-0.4, -0.2) is 41.5 Å². The predicted octanol–water partition coefficient (Wildman–Crippen LogP) is 2.47. The van der Waals surface area contributed by atoms with Crippen LogP contribution < -0.4 is 25.8 Å². The van der Waals surface area contributed by atoms with Gasteiger partial charge in [0.25, 0.3) is 5.56 Å². The molecular formula is C22H27N5O4. The third kappa shape index (κ3) is 4.55. The second-order valence-corrected chi connectivity index (χ2v) is 8.10. The Hall–Kier alpha value is -3.36. The van der Waals surface area contributed by atoms with Crippen molar-refractivity contribution < 1.29 is 14.3 Å². The number of nitrogens with one attached hydrogen (secondary N) is 3. The molecule has 1 saturated heterocycles. The molecule has 2 aliphatic rings. The summed E-state index contributed by atoms with van der Waals surface area (Å²) in [6, 6.07) is 6.94. The van der Waals surface area contributed by atoms with Gasteiger partial charge in [0, 0.05) is 25.2 Å². The Balaban J connectivity index is 1.58. The second-order valence-electron chi connectivity index (χ2n) is 8.10. The molecule has 2 amide bonds. The number of rotatable bonds is 5. The zero-order valence-corrected chi connectivity index (χ0v) is 17.7. The van der Waals surface area contributed by atoms with Gasteiger partial charge in [0.2, 0.25) is 17.8 Å². The number of ether oxygens (including phenoxy) is 1. The van der Waals surface area contributed by atoms with Crippen molar-refractivity contribution >= 4 is 29.3 Å². The van der Waals surface area contributed by atoms with E-state index in [1.165, 1.54) is 0 Å². The predicted molar refractivity (Wildman–Crippen MR) is 118 cm³/mol. The molecule has 0 bridgehead atoms. The number of aromatic amines is 1. The molecule has 4 rings (SSSR count). The largest absolute Gasteiger partial charge is 0.494 e. The second kappa shape index (κ2) is 8.79. The van der Waals surface area contributed by atoms with E-state index in [2.05, 4.69) is 27.5 Å². The van der Waals surface area contributed by atoms with E-state index in [-0.39, 0.29) is 23.7 Å². The first-order valence-corrected chi connectivity index (χ1v) is 10.7. The molecule has 2 unspecified atom stereocenters. The van der Waals surface area contributed by atoms with Gasteiger partial charge in [0.15, 0.2) is 0 Å². The van der Waals surface area contributed by atoms with Crippen molar-refractivity contribution in [3.63, 3.8) is 0 Å². The third-order valence-electron chi connectivity index (χ3n) is 5.64. The molecule has 0 radical (unpaired) electrons. The van der Waals surface area contributed by atoms with Crippen molar-refractivity contribution in [2.45, 2.75) is 39.0 Å². The fraction of sp³-hybridized carbons (Fsp3) is 0.455. The molecule has 164 valence electrons. The summed E-state index contributed by atoms with van der Waals surface area (Å²) >= 11 is 0. The number of nitrogens with zero attached hydrogens (tertiary/aromatic N) is 2. The molecular weight excluding hydrogens is 398 g/mol. The van der Waals surface area contributed by atoms with Crippen molar-refractivity contribution in [3.8, 4) is 5.75 Å². The number of aromatic nitrogens is 2. The Kier molecular flexibility index (Phi) is 5.92. The molecule has 31 heavy (non-hydrogen) atoms. The van der Waals surface area contributed by atoms with Gasteiger partial charge in [0.05, 0.1) is 18.1 Å². The molecule has 2 aliphatic heterocycles. The van der Waals surface area contributed by atoms with E-state index in [1.54, 1.807) is 24.3 Å². The highest BCUT2D eigenvalue weighted by atomic mass is 16.5. The molecule has 0 saturated carbocycles. The molecule has 1 aromatic heterocycles. The van der Waals surface area contributed by atoms with Crippen LogP contribution in [0.25, 0.3) is 0 Å². The Morgan fingerprint density at radius 2 is 2.06 bits per heavy atom. The molecule has 3 N–H and O–H groups in total. The minimum Gasteiger partial charge on any atom is -0.494 e. The van der Waals surface area contributed by atoms with Gasteiger partial charge < -0.3 is 20.3 Å². The zero-order chi connectivity index (χ0) is 22.0. The number of hydrogen-bond donors (Lipinski definition) is 3. The average Bonchev–Trinajstić information content (AvgIpc) is 2.74. The Morgan fingerprint density at radius 1 is 1.29 bits per heavy atom. The van der Waals surface area contributed by atoms with Gasteiger partial charge in [0.1, 0.15) is 11.6 Å². The molecule has 0 spiro atoms. The zero-order valence-electron chi connectivity index (χ0n) is 17.7. The van der Waals surface area contributed by atoms with Gasteiger partial charge >= 0.3 is 0 Å². The van der Waals surface area contributed by atoms with Gasteiger partial charge in [-0.05, 0) is 49.9 Å². The summed E-state index contributed by atoms with van der Waals surface area (Å²) in [6.45, 7) is 6.18. The Labute approximate surface area is 180 Å². The molecule has 3 heterocycles. The summed E-state index contributed by atoms with van der Waals surface area (Å²) in [4.78, 5) is 47.5.